The minimum absolute atomic E-state index is 0.502. The molecule has 4 rings (SSSR count). The van der Waals surface area contributed by atoms with Crippen LogP contribution in [0.4, 0.5) is 5.82 Å². The van der Waals surface area contributed by atoms with E-state index in [9.17, 15) is 0 Å². The Hall–Kier alpha value is -0.510. The molecule has 3 fully saturated rings. The van der Waals surface area contributed by atoms with Gasteiger partial charge in [-0.25, -0.2) is 0 Å². The van der Waals surface area contributed by atoms with Crippen LogP contribution in [0, 0.1) is 23.7 Å². The number of hydrogen-bond acceptors (Lipinski definition) is 3. The second kappa shape index (κ2) is 2.59. The molecule has 4 heteroatoms. The Kier molecular flexibility index (Phi) is 1.49. The molecule has 4 atom stereocenters. The number of halogens is 1. The lowest BCUT2D eigenvalue weighted by molar-refractivity contribution is 0.363. The van der Waals surface area contributed by atoms with Gasteiger partial charge in [0.1, 0.15) is 4.47 Å². The monoisotopic (exact) mass is 268 g/mol. The normalized spacial score (nSPS) is 45.8. The highest BCUT2D eigenvalue weighted by Crippen LogP contribution is 2.73. The van der Waals surface area contributed by atoms with Gasteiger partial charge in [-0.05, 0) is 58.9 Å². The van der Waals surface area contributed by atoms with Gasteiger partial charge in [-0.15, -0.1) is 0 Å². The molecule has 1 aromatic rings. The first-order valence-electron chi connectivity index (χ1n) is 5.68. The second-order valence-corrected chi connectivity index (χ2v) is 6.05. The molecule has 0 radical (unpaired) electrons. The largest absolute Gasteiger partial charge is 0.380 e. The van der Waals surface area contributed by atoms with E-state index < -0.39 is 0 Å². The summed E-state index contributed by atoms with van der Waals surface area (Å²) in [6, 6.07) is 0. The Labute approximate surface area is 96.5 Å². The fraction of sp³-hybridized carbons (Fsp3) is 0.727. The molecule has 15 heavy (non-hydrogen) atoms. The number of aromatic nitrogens is 1. The zero-order valence-corrected chi connectivity index (χ0v) is 9.90. The molecule has 0 aliphatic heterocycles. The van der Waals surface area contributed by atoms with Crippen molar-refractivity contribution in [2.75, 3.05) is 5.73 Å². The molecule has 0 aromatic carbocycles. The van der Waals surface area contributed by atoms with Crippen molar-refractivity contribution in [3.63, 3.8) is 0 Å². The van der Waals surface area contributed by atoms with Crippen molar-refractivity contribution in [1.82, 2.24) is 5.16 Å². The predicted octanol–water partition coefficient (Wildman–Crippen LogP) is 2.78. The molecule has 0 amide bonds. The summed E-state index contributed by atoms with van der Waals surface area (Å²) in [4.78, 5) is 0. The van der Waals surface area contributed by atoms with Crippen LogP contribution in [0.2, 0.25) is 0 Å². The van der Waals surface area contributed by atoms with E-state index in [1.54, 1.807) is 0 Å². The molecule has 2 bridgehead atoms. The Balaban J connectivity index is 1.70. The average Bonchev–Trinajstić information content (AvgIpc) is 2.60. The summed E-state index contributed by atoms with van der Waals surface area (Å²) in [5.74, 6) is 5.82. The van der Waals surface area contributed by atoms with E-state index in [0.717, 1.165) is 33.9 Å². The van der Waals surface area contributed by atoms with E-state index in [-0.39, 0.29) is 0 Å². The third kappa shape index (κ3) is 0.942. The van der Waals surface area contributed by atoms with E-state index in [4.69, 9.17) is 10.3 Å². The number of hydrogen-bond donors (Lipinski definition) is 1. The van der Waals surface area contributed by atoms with Gasteiger partial charge in [-0.2, -0.15) is 0 Å². The van der Waals surface area contributed by atoms with Crippen molar-refractivity contribution >= 4 is 21.7 Å². The molecule has 0 spiro atoms. The summed E-state index contributed by atoms with van der Waals surface area (Å²) >= 11 is 3.48. The third-order valence-electron chi connectivity index (χ3n) is 4.72. The first kappa shape index (κ1) is 8.62. The summed E-state index contributed by atoms with van der Waals surface area (Å²) in [6.45, 7) is 0. The number of anilines is 1. The molecule has 4 unspecified atom stereocenters. The minimum Gasteiger partial charge on any atom is -0.380 e. The van der Waals surface area contributed by atoms with Gasteiger partial charge in [0.15, 0.2) is 11.6 Å². The van der Waals surface area contributed by atoms with Gasteiger partial charge in [0, 0.05) is 5.92 Å². The predicted molar refractivity (Wildman–Crippen MR) is 59.2 cm³/mol. The van der Waals surface area contributed by atoms with Crippen molar-refractivity contribution in [2.24, 2.45) is 23.7 Å². The zero-order chi connectivity index (χ0) is 10.2. The van der Waals surface area contributed by atoms with E-state index >= 15 is 0 Å². The lowest BCUT2D eigenvalue weighted by Crippen LogP contribution is -1.97. The summed E-state index contributed by atoms with van der Waals surface area (Å²) in [7, 11) is 0. The first-order valence-corrected chi connectivity index (χ1v) is 6.47. The molecular formula is C11H13BrN2O. The number of rotatable bonds is 1. The highest BCUT2D eigenvalue weighted by Gasteiger charge is 2.67. The highest BCUT2D eigenvalue weighted by molar-refractivity contribution is 9.10. The van der Waals surface area contributed by atoms with Gasteiger partial charge in [0.05, 0.1) is 0 Å². The number of nitrogens with two attached hydrogens (primary N) is 1. The highest BCUT2D eigenvalue weighted by atomic mass is 79.9. The minimum atomic E-state index is 0.502. The molecule has 3 aliphatic rings. The van der Waals surface area contributed by atoms with Gasteiger partial charge in [-0.3, -0.25) is 0 Å². The quantitative estimate of drug-likeness (QED) is 0.852. The lowest BCUT2D eigenvalue weighted by atomic mass is 10.0. The van der Waals surface area contributed by atoms with Crippen molar-refractivity contribution in [3.8, 4) is 0 Å². The van der Waals surface area contributed by atoms with Crippen LogP contribution in [-0.4, -0.2) is 5.16 Å². The Bertz CT molecular complexity index is 414. The van der Waals surface area contributed by atoms with Crippen molar-refractivity contribution < 1.29 is 4.52 Å². The van der Waals surface area contributed by atoms with E-state index in [0.29, 0.717) is 11.7 Å². The molecular weight excluding hydrogens is 256 g/mol. The van der Waals surface area contributed by atoms with Crippen molar-refractivity contribution in [2.45, 2.75) is 25.2 Å². The lowest BCUT2D eigenvalue weighted by Gasteiger charge is -2.05. The van der Waals surface area contributed by atoms with Gasteiger partial charge in [0.2, 0.25) is 0 Å². The SMILES string of the molecule is Nc1noc(C2C3C4CCC(C4)C23)c1Br. The van der Waals surface area contributed by atoms with E-state index in [2.05, 4.69) is 21.1 Å². The summed E-state index contributed by atoms with van der Waals surface area (Å²) in [5.41, 5.74) is 5.69. The summed E-state index contributed by atoms with van der Waals surface area (Å²) in [5, 5.41) is 3.83. The molecule has 80 valence electrons. The molecule has 1 aromatic heterocycles. The molecule has 0 saturated heterocycles. The van der Waals surface area contributed by atoms with E-state index in [1.165, 1.54) is 19.3 Å². The van der Waals surface area contributed by atoms with Crippen molar-refractivity contribution in [1.29, 1.82) is 0 Å². The Morgan fingerprint density at radius 3 is 2.47 bits per heavy atom. The number of fused-ring (bicyclic) bond motifs is 5. The van der Waals surface area contributed by atoms with Crippen LogP contribution in [0.3, 0.4) is 0 Å². The van der Waals surface area contributed by atoms with Crippen LogP contribution < -0.4 is 5.73 Å². The molecule has 1 heterocycles. The first-order chi connectivity index (χ1) is 7.27. The van der Waals surface area contributed by atoms with Crippen LogP contribution in [0.5, 0.6) is 0 Å². The second-order valence-electron chi connectivity index (χ2n) is 5.26. The standard InChI is InChI=1S/C11H13BrN2O/c12-9-10(15-14-11(9)13)8-6-4-1-2-5(3-4)7(6)8/h4-8H,1-3H2,(H2,13,14). The van der Waals surface area contributed by atoms with Gasteiger partial charge in [0.25, 0.3) is 0 Å². The molecule has 2 N–H and O–H groups in total. The zero-order valence-electron chi connectivity index (χ0n) is 8.32. The Morgan fingerprint density at radius 2 is 1.93 bits per heavy atom. The fourth-order valence-corrected chi connectivity index (χ4v) is 4.60. The molecule has 3 aliphatic carbocycles. The van der Waals surface area contributed by atoms with Gasteiger partial charge < -0.3 is 10.3 Å². The maximum Gasteiger partial charge on any atom is 0.181 e. The van der Waals surface area contributed by atoms with Crippen LogP contribution >= 0.6 is 15.9 Å². The van der Waals surface area contributed by atoms with Crippen LogP contribution in [0.1, 0.15) is 30.9 Å². The number of nitrogens with zero attached hydrogens (tertiary/aromatic N) is 1. The summed E-state index contributed by atoms with van der Waals surface area (Å²) in [6.07, 6.45) is 4.33. The van der Waals surface area contributed by atoms with Crippen LogP contribution in [0.25, 0.3) is 0 Å². The van der Waals surface area contributed by atoms with Crippen LogP contribution in [-0.2, 0) is 0 Å². The van der Waals surface area contributed by atoms with Crippen LogP contribution in [0.15, 0.2) is 9.00 Å². The topological polar surface area (TPSA) is 52.0 Å². The van der Waals surface area contributed by atoms with Gasteiger partial charge >= 0.3 is 0 Å². The van der Waals surface area contributed by atoms with E-state index in [1.807, 2.05) is 0 Å². The third-order valence-corrected chi connectivity index (χ3v) is 5.52. The Morgan fingerprint density at radius 1 is 1.27 bits per heavy atom. The summed E-state index contributed by atoms with van der Waals surface area (Å²) < 4.78 is 6.26. The number of nitrogen functional groups attached to an aromatic ring is 1. The maximum atomic E-state index is 5.69. The molecule has 3 nitrogen and oxygen atoms in total. The average molecular weight is 269 g/mol. The van der Waals surface area contributed by atoms with Gasteiger partial charge in [-0.1, -0.05) is 5.16 Å². The molecule has 3 saturated carbocycles. The smallest absolute Gasteiger partial charge is 0.181 e. The van der Waals surface area contributed by atoms with Crippen molar-refractivity contribution in [3.05, 3.63) is 10.2 Å². The maximum absolute atomic E-state index is 5.69. The fourth-order valence-electron chi connectivity index (χ4n) is 4.19.